The van der Waals surface area contributed by atoms with E-state index in [0.29, 0.717) is 5.92 Å². The lowest BCUT2D eigenvalue weighted by molar-refractivity contribution is 0.250. The maximum absolute atomic E-state index is 6.46. The second kappa shape index (κ2) is 14.8. The molecule has 130 valence electrons. The molecule has 0 aromatic heterocycles. The molecule has 0 saturated heterocycles. The summed E-state index contributed by atoms with van der Waals surface area (Å²) in [4.78, 5) is 0. The highest BCUT2D eigenvalue weighted by molar-refractivity contribution is 4.86. The summed E-state index contributed by atoms with van der Waals surface area (Å²) in [5.41, 5.74) is 6.54. The van der Waals surface area contributed by atoms with Gasteiger partial charge in [-0.15, -0.1) is 0 Å². The Bertz CT molecular complexity index is 202. The van der Waals surface area contributed by atoms with E-state index < -0.39 is 0 Å². The zero-order valence-electron chi connectivity index (χ0n) is 15.3. The fourth-order valence-corrected chi connectivity index (χ4v) is 3.17. The van der Waals surface area contributed by atoms with Crippen LogP contribution in [0.15, 0.2) is 0 Å². The van der Waals surface area contributed by atoms with Gasteiger partial charge in [0.2, 0.25) is 0 Å². The van der Waals surface area contributed by atoms with Crippen molar-refractivity contribution in [1.29, 1.82) is 0 Å². The molecule has 0 aliphatic rings. The van der Waals surface area contributed by atoms with Gasteiger partial charge in [0.15, 0.2) is 0 Å². The Kier molecular flexibility index (Phi) is 16.4. The van der Waals surface area contributed by atoms with Gasteiger partial charge in [-0.3, -0.25) is 0 Å². The van der Waals surface area contributed by atoms with Gasteiger partial charge in [0.05, 0.1) is 0 Å². The van der Waals surface area contributed by atoms with Crippen molar-refractivity contribution in [2.45, 2.75) is 117 Å². The SMILES string of the molecule is CCCCCCCCCCCCC(C)C(N)(CC)CC.O. The van der Waals surface area contributed by atoms with Crippen molar-refractivity contribution < 1.29 is 5.48 Å². The monoisotopic (exact) mass is 301 g/mol. The molecule has 0 heterocycles. The molecule has 0 radical (unpaired) electrons. The van der Waals surface area contributed by atoms with Crippen LogP contribution < -0.4 is 5.73 Å². The van der Waals surface area contributed by atoms with Crippen molar-refractivity contribution in [3.63, 3.8) is 0 Å². The molecule has 4 N–H and O–H groups in total. The van der Waals surface area contributed by atoms with Crippen LogP contribution in [0.1, 0.15) is 111 Å². The first kappa shape index (κ1) is 23.2. The van der Waals surface area contributed by atoms with E-state index in [1.165, 1.54) is 70.6 Å². The molecule has 0 saturated carbocycles. The van der Waals surface area contributed by atoms with Crippen molar-refractivity contribution in [2.24, 2.45) is 11.7 Å². The number of unbranched alkanes of at least 4 members (excludes halogenated alkanes) is 9. The van der Waals surface area contributed by atoms with Gasteiger partial charge in [-0.25, -0.2) is 0 Å². The van der Waals surface area contributed by atoms with Crippen LogP contribution in [0.2, 0.25) is 0 Å². The van der Waals surface area contributed by atoms with Crippen LogP contribution in [0, 0.1) is 5.92 Å². The first-order valence-corrected chi connectivity index (χ1v) is 9.39. The molecule has 0 spiro atoms. The second-order valence-corrected chi connectivity index (χ2v) is 6.81. The van der Waals surface area contributed by atoms with Gasteiger partial charge < -0.3 is 11.2 Å². The van der Waals surface area contributed by atoms with Crippen LogP contribution in [-0.2, 0) is 0 Å². The summed E-state index contributed by atoms with van der Waals surface area (Å²) in [7, 11) is 0. The Hall–Kier alpha value is -0.0800. The quantitative estimate of drug-likeness (QED) is 0.415. The van der Waals surface area contributed by atoms with Gasteiger partial charge in [-0.1, -0.05) is 91.9 Å². The molecule has 0 rings (SSSR count). The van der Waals surface area contributed by atoms with Gasteiger partial charge >= 0.3 is 0 Å². The second-order valence-electron chi connectivity index (χ2n) is 6.81. The summed E-state index contributed by atoms with van der Waals surface area (Å²) < 4.78 is 0. The van der Waals surface area contributed by atoms with Gasteiger partial charge in [-0.2, -0.15) is 0 Å². The highest BCUT2D eigenvalue weighted by Gasteiger charge is 2.27. The fourth-order valence-electron chi connectivity index (χ4n) is 3.17. The molecule has 0 aromatic rings. The van der Waals surface area contributed by atoms with E-state index in [1.807, 2.05) is 0 Å². The van der Waals surface area contributed by atoms with E-state index in [2.05, 4.69) is 27.7 Å². The molecule has 2 heteroatoms. The standard InChI is InChI=1S/C19H41N.H2O/c1-5-8-9-10-11-12-13-14-15-16-17-18(4)19(20,6-2)7-3;/h18H,5-17,20H2,1-4H3;1H2. The third-order valence-electron chi connectivity index (χ3n) is 5.29. The molecule has 0 aliphatic heterocycles. The minimum Gasteiger partial charge on any atom is -0.412 e. The average Bonchev–Trinajstić information content (AvgIpc) is 2.48. The van der Waals surface area contributed by atoms with Gasteiger partial charge in [-0.05, 0) is 25.2 Å². The zero-order chi connectivity index (χ0) is 15.3. The molecule has 0 fully saturated rings. The lowest BCUT2D eigenvalue weighted by atomic mass is 9.78. The predicted octanol–water partition coefficient (Wildman–Crippen LogP) is 5.63. The Morgan fingerprint density at radius 2 is 1.10 bits per heavy atom. The number of hydrogen-bond donors (Lipinski definition) is 1. The number of hydrogen-bond acceptors (Lipinski definition) is 1. The summed E-state index contributed by atoms with van der Waals surface area (Å²) in [6.45, 7) is 9.10. The highest BCUT2D eigenvalue weighted by atomic mass is 16.0. The first-order valence-electron chi connectivity index (χ1n) is 9.39. The zero-order valence-corrected chi connectivity index (χ0v) is 15.3. The van der Waals surface area contributed by atoms with Crippen molar-refractivity contribution >= 4 is 0 Å². The van der Waals surface area contributed by atoms with Crippen LogP contribution in [0.5, 0.6) is 0 Å². The molecule has 2 nitrogen and oxygen atoms in total. The largest absolute Gasteiger partial charge is 0.412 e. The van der Waals surface area contributed by atoms with E-state index in [9.17, 15) is 0 Å². The summed E-state index contributed by atoms with van der Waals surface area (Å²) >= 11 is 0. The third-order valence-corrected chi connectivity index (χ3v) is 5.29. The summed E-state index contributed by atoms with van der Waals surface area (Å²) in [6, 6.07) is 0. The molecule has 0 bridgehead atoms. The van der Waals surface area contributed by atoms with Crippen molar-refractivity contribution in [2.75, 3.05) is 0 Å². The maximum Gasteiger partial charge on any atom is 0.0174 e. The maximum atomic E-state index is 6.46. The summed E-state index contributed by atoms with van der Waals surface area (Å²) in [6.07, 6.45) is 17.8. The minimum atomic E-state index is 0. The van der Waals surface area contributed by atoms with Gasteiger partial charge in [0, 0.05) is 5.54 Å². The third kappa shape index (κ3) is 11.2. The molecule has 0 aliphatic carbocycles. The normalized spacial score (nSPS) is 13.0. The van der Waals surface area contributed by atoms with Crippen molar-refractivity contribution in [3.05, 3.63) is 0 Å². The van der Waals surface area contributed by atoms with E-state index in [0.717, 1.165) is 12.8 Å². The lowest BCUT2D eigenvalue weighted by Crippen LogP contribution is -2.44. The van der Waals surface area contributed by atoms with E-state index in [1.54, 1.807) is 0 Å². The Morgan fingerprint density at radius 3 is 1.48 bits per heavy atom. The van der Waals surface area contributed by atoms with Gasteiger partial charge in [0.1, 0.15) is 0 Å². The molecule has 0 amide bonds. The molecule has 1 unspecified atom stereocenters. The highest BCUT2D eigenvalue weighted by Crippen LogP contribution is 2.27. The molecular weight excluding hydrogens is 258 g/mol. The average molecular weight is 302 g/mol. The number of nitrogens with two attached hydrogens (primary N) is 1. The van der Waals surface area contributed by atoms with E-state index in [-0.39, 0.29) is 11.0 Å². The Balaban J connectivity index is 0. The van der Waals surface area contributed by atoms with Crippen molar-refractivity contribution in [3.8, 4) is 0 Å². The van der Waals surface area contributed by atoms with Crippen LogP contribution in [0.3, 0.4) is 0 Å². The van der Waals surface area contributed by atoms with Crippen LogP contribution in [0.4, 0.5) is 0 Å². The Morgan fingerprint density at radius 1 is 0.714 bits per heavy atom. The summed E-state index contributed by atoms with van der Waals surface area (Å²) in [5, 5.41) is 0. The smallest absolute Gasteiger partial charge is 0.0174 e. The van der Waals surface area contributed by atoms with Crippen LogP contribution in [0.25, 0.3) is 0 Å². The van der Waals surface area contributed by atoms with Crippen LogP contribution in [-0.4, -0.2) is 11.0 Å². The van der Waals surface area contributed by atoms with Crippen molar-refractivity contribution in [1.82, 2.24) is 0 Å². The lowest BCUT2D eigenvalue weighted by Gasteiger charge is -2.33. The minimum absolute atomic E-state index is 0. The van der Waals surface area contributed by atoms with Gasteiger partial charge in [0.25, 0.3) is 0 Å². The molecule has 1 atom stereocenters. The topological polar surface area (TPSA) is 57.5 Å². The predicted molar refractivity (Wildman–Crippen MR) is 96.7 cm³/mol. The van der Waals surface area contributed by atoms with Crippen LogP contribution >= 0.6 is 0 Å². The molecular formula is C19H43NO. The number of rotatable bonds is 14. The fraction of sp³-hybridized carbons (Fsp3) is 1.00. The van der Waals surface area contributed by atoms with E-state index >= 15 is 0 Å². The molecule has 21 heavy (non-hydrogen) atoms. The Labute approximate surface area is 134 Å². The summed E-state index contributed by atoms with van der Waals surface area (Å²) in [5.74, 6) is 0.673. The first-order chi connectivity index (χ1) is 9.60. The molecule has 0 aromatic carbocycles. The van der Waals surface area contributed by atoms with E-state index in [4.69, 9.17) is 5.73 Å².